The summed E-state index contributed by atoms with van der Waals surface area (Å²) in [5.41, 5.74) is -0.474. The van der Waals surface area contributed by atoms with E-state index < -0.39 is 11.7 Å². The van der Waals surface area contributed by atoms with Gasteiger partial charge in [-0.1, -0.05) is 64.7 Å². The fraction of sp³-hybridized carbons (Fsp3) is 0.909. The summed E-state index contributed by atoms with van der Waals surface area (Å²) in [6, 6.07) is 0. The van der Waals surface area contributed by atoms with E-state index in [-0.39, 0.29) is 5.91 Å². The van der Waals surface area contributed by atoms with Crippen molar-refractivity contribution in [3.63, 3.8) is 0 Å². The van der Waals surface area contributed by atoms with Gasteiger partial charge in [-0.2, -0.15) is 0 Å². The number of unbranched alkanes of at least 4 members (excludes halogenated alkanes) is 10. The molecule has 0 aliphatic carbocycles. The third-order valence-electron chi connectivity index (χ3n) is 4.35. The maximum absolute atomic E-state index is 11.8. The molecule has 0 aliphatic rings. The van der Waals surface area contributed by atoms with Crippen molar-refractivity contribution >= 4 is 12.0 Å². The Hall–Kier alpha value is -1.26. The van der Waals surface area contributed by atoms with Crippen LogP contribution in [0.1, 0.15) is 111 Å². The van der Waals surface area contributed by atoms with E-state index in [9.17, 15) is 9.59 Å². The molecule has 0 rings (SSSR count). The summed E-state index contributed by atoms with van der Waals surface area (Å²) in [5, 5.41) is 5.70. The average Bonchev–Trinajstić information content (AvgIpc) is 2.57. The molecule has 2 amide bonds. The second-order valence-corrected chi connectivity index (χ2v) is 8.42. The van der Waals surface area contributed by atoms with Crippen LogP contribution in [0.2, 0.25) is 0 Å². The Bertz CT molecular complexity index is 378. The number of carbonyl (C=O) groups is 2. The molecular formula is C22H44N2O3. The highest BCUT2D eigenvalue weighted by molar-refractivity contribution is 5.75. The first-order valence-corrected chi connectivity index (χ1v) is 11.1. The van der Waals surface area contributed by atoms with Crippen LogP contribution in [-0.2, 0) is 9.53 Å². The summed E-state index contributed by atoms with van der Waals surface area (Å²) in [4.78, 5) is 23.2. The van der Waals surface area contributed by atoms with Crippen LogP contribution in [0.15, 0.2) is 0 Å². The van der Waals surface area contributed by atoms with Crippen LogP contribution < -0.4 is 10.6 Å². The van der Waals surface area contributed by atoms with Crippen molar-refractivity contribution in [3.8, 4) is 0 Å². The fourth-order valence-corrected chi connectivity index (χ4v) is 2.84. The molecule has 5 heteroatoms. The van der Waals surface area contributed by atoms with Gasteiger partial charge in [0.2, 0.25) is 5.91 Å². The van der Waals surface area contributed by atoms with E-state index in [0.717, 1.165) is 25.8 Å². The van der Waals surface area contributed by atoms with Crippen molar-refractivity contribution in [2.45, 2.75) is 117 Å². The quantitative estimate of drug-likeness (QED) is 0.334. The molecular weight excluding hydrogens is 340 g/mol. The molecule has 0 aromatic heterocycles. The number of nitrogens with one attached hydrogen (secondary N) is 2. The molecule has 0 aromatic rings. The maximum Gasteiger partial charge on any atom is 0.407 e. The Balaban J connectivity index is 3.32. The van der Waals surface area contributed by atoms with Crippen molar-refractivity contribution in [1.29, 1.82) is 0 Å². The highest BCUT2D eigenvalue weighted by atomic mass is 16.6. The van der Waals surface area contributed by atoms with Crippen LogP contribution in [0.3, 0.4) is 0 Å². The molecule has 0 saturated carbocycles. The predicted octanol–water partition coefficient (Wildman–Crippen LogP) is 5.72. The van der Waals surface area contributed by atoms with Gasteiger partial charge >= 0.3 is 6.09 Å². The number of rotatable bonds is 16. The third-order valence-corrected chi connectivity index (χ3v) is 4.35. The van der Waals surface area contributed by atoms with Crippen molar-refractivity contribution in [3.05, 3.63) is 0 Å². The van der Waals surface area contributed by atoms with Crippen molar-refractivity contribution < 1.29 is 14.3 Å². The molecule has 0 unspecified atom stereocenters. The minimum absolute atomic E-state index is 0.114. The standard InChI is InChI=1S/C22H44N2O3/c1-5-6-7-8-9-10-11-12-13-15-18-23-20(25)17-14-16-19-24-21(26)27-22(2,3)4/h5-19H2,1-4H3,(H,23,25)(H,24,26). The van der Waals surface area contributed by atoms with Gasteiger partial charge in [-0.15, -0.1) is 0 Å². The fourth-order valence-electron chi connectivity index (χ4n) is 2.84. The number of hydrogen-bond acceptors (Lipinski definition) is 3. The molecule has 0 saturated heterocycles. The first-order chi connectivity index (χ1) is 12.8. The summed E-state index contributed by atoms with van der Waals surface area (Å²) in [7, 11) is 0. The molecule has 0 aromatic carbocycles. The Labute approximate surface area is 167 Å². The highest BCUT2D eigenvalue weighted by Crippen LogP contribution is 2.10. The van der Waals surface area contributed by atoms with Crippen molar-refractivity contribution in [2.24, 2.45) is 0 Å². The molecule has 0 aliphatic heterocycles. The molecule has 0 atom stereocenters. The van der Waals surface area contributed by atoms with Gasteiger partial charge in [0.25, 0.3) is 0 Å². The van der Waals surface area contributed by atoms with Gasteiger partial charge in [0.15, 0.2) is 0 Å². The summed E-state index contributed by atoms with van der Waals surface area (Å²) in [6.45, 7) is 9.09. The van der Waals surface area contributed by atoms with E-state index in [2.05, 4.69) is 17.6 Å². The largest absolute Gasteiger partial charge is 0.444 e. The second-order valence-electron chi connectivity index (χ2n) is 8.42. The molecule has 0 radical (unpaired) electrons. The van der Waals surface area contributed by atoms with Crippen LogP contribution in [0.25, 0.3) is 0 Å². The number of carbonyl (C=O) groups excluding carboxylic acids is 2. The lowest BCUT2D eigenvalue weighted by Crippen LogP contribution is -2.33. The van der Waals surface area contributed by atoms with Crippen molar-refractivity contribution in [1.82, 2.24) is 10.6 Å². The number of ether oxygens (including phenoxy) is 1. The molecule has 0 heterocycles. The SMILES string of the molecule is CCCCCCCCCCCCNC(=O)CCCCNC(=O)OC(C)(C)C. The summed E-state index contributed by atoms with van der Waals surface area (Å²) in [5.74, 6) is 0.114. The molecule has 0 spiro atoms. The maximum atomic E-state index is 11.8. The van der Waals surface area contributed by atoms with Crippen LogP contribution in [0, 0.1) is 0 Å². The Morgan fingerprint density at radius 3 is 1.74 bits per heavy atom. The zero-order chi connectivity index (χ0) is 20.4. The molecule has 0 bridgehead atoms. The third kappa shape index (κ3) is 20.9. The smallest absolute Gasteiger partial charge is 0.407 e. The van der Waals surface area contributed by atoms with Crippen LogP contribution in [-0.4, -0.2) is 30.7 Å². The molecule has 27 heavy (non-hydrogen) atoms. The average molecular weight is 385 g/mol. The topological polar surface area (TPSA) is 67.4 Å². The first kappa shape index (κ1) is 25.7. The van der Waals surface area contributed by atoms with E-state index >= 15 is 0 Å². The Kier molecular flexibility index (Phi) is 16.1. The lowest BCUT2D eigenvalue weighted by Gasteiger charge is -2.19. The van der Waals surface area contributed by atoms with E-state index in [1.807, 2.05) is 20.8 Å². The first-order valence-electron chi connectivity index (χ1n) is 11.1. The van der Waals surface area contributed by atoms with Crippen LogP contribution in [0.5, 0.6) is 0 Å². The van der Waals surface area contributed by atoms with Crippen LogP contribution in [0.4, 0.5) is 4.79 Å². The van der Waals surface area contributed by atoms with Gasteiger partial charge in [-0.05, 0) is 40.0 Å². The van der Waals surface area contributed by atoms with Gasteiger partial charge in [0.1, 0.15) is 5.60 Å². The van der Waals surface area contributed by atoms with E-state index in [1.165, 1.54) is 57.8 Å². The highest BCUT2D eigenvalue weighted by Gasteiger charge is 2.15. The summed E-state index contributed by atoms with van der Waals surface area (Å²) < 4.78 is 5.16. The normalized spacial score (nSPS) is 11.3. The molecule has 5 nitrogen and oxygen atoms in total. The monoisotopic (exact) mass is 384 g/mol. The Morgan fingerprint density at radius 1 is 0.704 bits per heavy atom. The number of amides is 2. The summed E-state index contributed by atoms with van der Waals surface area (Å²) >= 11 is 0. The van der Waals surface area contributed by atoms with Gasteiger partial charge < -0.3 is 15.4 Å². The molecule has 160 valence electrons. The van der Waals surface area contributed by atoms with E-state index in [4.69, 9.17) is 4.74 Å². The number of alkyl carbamates (subject to hydrolysis) is 1. The summed E-state index contributed by atoms with van der Waals surface area (Å²) in [6.07, 6.45) is 14.8. The molecule has 0 fully saturated rings. The number of hydrogen-bond donors (Lipinski definition) is 2. The zero-order valence-electron chi connectivity index (χ0n) is 18.3. The van der Waals surface area contributed by atoms with Gasteiger partial charge in [0, 0.05) is 19.5 Å². The van der Waals surface area contributed by atoms with E-state index in [1.54, 1.807) is 0 Å². The lowest BCUT2D eigenvalue weighted by molar-refractivity contribution is -0.121. The Morgan fingerprint density at radius 2 is 1.19 bits per heavy atom. The lowest BCUT2D eigenvalue weighted by atomic mass is 10.1. The van der Waals surface area contributed by atoms with E-state index in [0.29, 0.717) is 13.0 Å². The van der Waals surface area contributed by atoms with Gasteiger partial charge in [-0.3, -0.25) is 4.79 Å². The minimum Gasteiger partial charge on any atom is -0.444 e. The zero-order valence-corrected chi connectivity index (χ0v) is 18.3. The van der Waals surface area contributed by atoms with Crippen molar-refractivity contribution in [2.75, 3.05) is 13.1 Å². The van der Waals surface area contributed by atoms with Crippen LogP contribution >= 0.6 is 0 Å². The minimum atomic E-state index is -0.474. The second kappa shape index (κ2) is 16.9. The predicted molar refractivity (Wildman–Crippen MR) is 113 cm³/mol. The molecule has 2 N–H and O–H groups in total. The van der Waals surface area contributed by atoms with Gasteiger partial charge in [-0.25, -0.2) is 4.79 Å². The van der Waals surface area contributed by atoms with Gasteiger partial charge in [0.05, 0.1) is 0 Å².